The van der Waals surface area contributed by atoms with Crippen molar-refractivity contribution in [3.63, 3.8) is 0 Å². The van der Waals surface area contributed by atoms with Crippen LogP contribution < -0.4 is 5.73 Å². The van der Waals surface area contributed by atoms with Gasteiger partial charge in [0, 0.05) is 19.5 Å². The number of hydrogen-bond acceptors (Lipinski definition) is 4. The molecule has 0 aromatic rings. The summed E-state index contributed by atoms with van der Waals surface area (Å²) in [6, 6.07) is 0. The quantitative estimate of drug-likeness (QED) is 0.637. The Bertz CT molecular complexity index is 488. The van der Waals surface area contributed by atoms with Crippen molar-refractivity contribution in [2.24, 2.45) is 29.4 Å². The number of piperidine rings is 1. The van der Waals surface area contributed by atoms with Gasteiger partial charge in [-0.15, -0.1) is 0 Å². The molecule has 0 aromatic heterocycles. The van der Waals surface area contributed by atoms with Crippen molar-refractivity contribution in [2.75, 3.05) is 19.6 Å². The highest BCUT2D eigenvalue weighted by Gasteiger charge is 2.38. The van der Waals surface area contributed by atoms with E-state index in [4.69, 9.17) is 5.73 Å². The molecule has 1 aliphatic heterocycles. The molecule has 3 fully saturated rings. The number of halogens is 1. The molecular formula is C20H36BFN2O3. The Morgan fingerprint density at radius 2 is 1.78 bits per heavy atom. The molecule has 2 aliphatic carbocycles. The van der Waals surface area contributed by atoms with E-state index in [-0.39, 0.29) is 24.1 Å². The van der Waals surface area contributed by atoms with Crippen LogP contribution in [0, 0.1) is 23.7 Å². The lowest BCUT2D eigenvalue weighted by atomic mass is 9.61. The van der Waals surface area contributed by atoms with E-state index in [9.17, 15) is 19.2 Å². The number of amides is 1. The molecular weight excluding hydrogens is 346 g/mol. The maximum absolute atomic E-state index is 14.2. The molecule has 1 saturated heterocycles. The van der Waals surface area contributed by atoms with Crippen LogP contribution in [-0.2, 0) is 4.79 Å². The molecule has 3 rings (SSSR count). The van der Waals surface area contributed by atoms with Gasteiger partial charge in [0.25, 0.3) is 0 Å². The molecule has 3 aliphatic rings. The van der Waals surface area contributed by atoms with Crippen molar-refractivity contribution in [3.05, 3.63) is 0 Å². The summed E-state index contributed by atoms with van der Waals surface area (Å²) in [4.78, 5) is 14.6. The molecule has 1 amide bonds. The Morgan fingerprint density at radius 1 is 1.04 bits per heavy atom. The van der Waals surface area contributed by atoms with Gasteiger partial charge in [-0.2, -0.15) is 0 Å². The minimum Gasteiger partial charge on any atom is -0.427 e. The Labute approximate surface area is 163 Å². The molecule has 0 spiro atoms. The Kier molecular flexibility index (Phi) is 7.57. The number of likely N-dealkylation sites (tertiary alicyclic amines) is 1. The van der Waals surface area contributed by atoms with Gasteiger partial charge < -0.3 is 20.7 Å². The summed E-state index contributed by atoms with van der Waals surface area (Å²) < 4.78 is 14.2. The van der Waals surface area contributed by atoms with E-state index in [0.717, 1.165) is 38.4 Å². The lowest BCUT2D eigenvalue weighted by molar-refractivity contribution is -0.134. The van der Waals surface area contributed by atoms with Crippen molar-refractivity contribution < 1.29 is 19.2 Å². The molecule has 4 N–H and O–H groups in total. The first-order valence-electron chi connectivity index (χ1n) is 11.0. The summed E-state index contributed by atoms with van der Waals surface area (Å²) >= 11 is 0. The number of nitrogens with two attached hydrogens (primary N) is 1. The lowest BCUT2D eigenvalue weighted by Gasteiger charge is -2.40. The summed E-state index contributed by atoms with van der Waals surface area (Å²) in [5.74, 6) is 1.48. The predicted molar refractivity (Wildman–Crippen MR) is 105 cm³/mol. The number of rotatable bonds is 5. The van der Waals surface area contributed by atoms with Gasteiger partial charge in [-0.3, -0.25) is 4.79 Å². The van der Waals surface area contributed by atoms with E-state index in [2.05, 4.69) is 0 Å². The normalized spacial score (nSPS) is 35.9. The third-order valence-electron chi connectivity index (χ3n) is 7.50. The number of nitrogens with zero attached hydrogens (tertiary/aromatic N) is 1. The second-order valence-electron chi connectivity index (χ2n) is 9.21. The van der Waals surface area contributed by atoms with Gasteiger partial charge in [0.2, 0.25) is 5.91 Å². The van der Waals surface area contributed by atoms with Gasteiger partial charge in [-0.1, -0.05) is 12.8 Å². The Morgan fingerprint density at radius 3 is 2.44 bits per heavy atom. The molecule has 7 heteroatoms. The average molecular weight is 382 g/mol. The first kappa shape index (κ1) is 21.1. The number of carbonyl (C=O) groups excluding carboxylic acids is 1. The zero-order valence-electron chi connectivity index (χ0n) is 16.4. The second-order valence-corrected chi connectivity index (χ2v) is 9.21. The van der Waals surface area contributed by atoms with Crippen LogP contribution in [0.2, 0.25) is 5.82 Å². The van der Waals surface area contributed by atoms with Crippen molar-refractivity contribution in [1.82, 2.24) is 4.90 Å². The van der Waals surface area contributed by atoms with E-state index >= 15 is 0 Å². The van der Waals surface area contributed by atoms with Gasteiger partial charge in [0.05, 0.1) is 0 Å². The first-order chi connectivity index (χ1) is 13.0. The molecule has 154 valence electrons. The van der Waals surface area contributed by atoms with Crippen LogP contribution in [-0.4, -0.2) is 53.8 Å². The minimum absolute atomic E-state index is 0.0395. The molecule has 0 radical (unpaired) electrons. The minimum atomic E-state index is -1.40. The molecule has 0 bridgehead atoms. The average Bonchev–Trinajstić information content (AvgIpc) is 2.69. The molecule has 5 atom stereocenters. The van der Waals surface area contributed by atoms with E-state index in [1.807, 2.05) is 4.90 Å². The fourth-order valence-corrected chi connectivity index (χ4v) is 5.69. The summed E-state index contributed by atoms with van der Waals surface area (Å²) in [6.07, 6.45) is 7.59. The Balaban J connectivity index is 1.45. The van der Waals surface area contributed by atoms with E-state index in [0.29, 0.717) is 31.1 Å². The number of alkyl halides is 1. The summed E-state index contributed by atoms with van der Waals surface area (Å²) in [5, 5.41) is 18.8. The fraction of sp³-hybridized carbons (Fsp3) is 0.950. The maximum atomic E-state index is 14.2. The predicted octanol–water partition coefficient (Wildman–Crippen LogP) is 2.36. The van der Waals surface area contributed by atoms with Gasteiger partial charge in [0.1, 0.15) is 6.17 Å². The van der Waals surface area contributed by atoms with Crippen LogP contribution in [0.1, 0.15) is 64.2 Å². The third-order valence-corrected chi connectivity index (χ3v) is 7.50. The third kappa shape index (κ3) is 5.45. The monoisotopic (exact) mass is 382 g/mol. The van der Waals surface area contributed by atoms with Crippen LogP contribution in [0.5, 0.6) is 0 Å². The van der Waals surface area contributed by atoms with Crippen LogP contribution in [0.4, 0.5) is 4.39 Å². The molecule has 5 nitrogen and oxygen atoms in total. The molecule has 2 saturated carbocycles. The smallest absolute Gasteiger partial charge is 0.427 e. The highest BCUT2D eigenvalue weighted by Crippen LogP contribution is 2.40. The van der Waals surface area contributed by atoms with Gasteiger partial charge in [0.15, 0.2) is 0 Å². The fourth-order valence-electron chi connectivity index (χ4n) is 5.69. The SMILES string of the molecule is NCC1CCCC(C2CCN(C(=O)CC3CC(B(O)O)CCC3F)CC2)C1. The molecule has 27 heavy (non-hydrogen) atoms. The Hall–Kier alpha value is -0.655. The first-order valence-corrected chi connectivity index (χ1v) is 11.0. The van der Waals surface area contributed by atoms with E-state index in [1.54, 1.807) is 0 Å². The van der Waals surface area contributed by atoms with Crippen molar-refractivity contribution >= 4 is 13.0 Å². The largest absolute Gasteiger partial charge is 0.454 e. The topological polar surface area (TPSA) is 86.8 Å². The molecule has 5 unspecified atom stereocenters. The molecule has 1 heterocycles. The van der Waals surface area contributed by atoms with Crippen molar-refractivity contribution in [3.8, 4) is 0 Å². The van der Waals surface area contributed by atoms with Crippen LogP contribution in [0.25, 0.3) is 0 Å². The number of carbonyl (C=O) groups is 1. The van der Waals surface area contributed by atoms with Gasteiger partial charge in [-0.25, -0.2) is 4.39 Å². The summed E-state index contributed by atoms with van der Waals surface area (Å²) in [7, 11) is -1.40. The van der Waals surface area contributed by atoms with Crippen LogP contribution in [0.15, 0.2) is 0 Å². The van der Waals surface area contributed by atoms with Crippen LogP contribution >= 0.6 is 0 Å². The number of hydrogen-bond donors (Lipinski definition) is 3. The zero-order chi connectivity index (χ0) is 19.4. The van der Waals surface area contributed by atoms with Crippen molar-refractivity contribution in [2.45, 2.75) is 76.2 Å². The lowest BCUT2D eigenvalue weighted by Crippen LogP contribution is -2.43. The van der Waals surface area contributed by atoms with E-state index in [1.165, 1.54) is 25.7 Å². The van der Waals surface area contributed by atoms with Crippen LogP contribution in [0.3, 0.4) is 0 Å². The second kappa shape index (κ2) is 9.70. The molecule has 0 aromatic carbocycles. The highest BCUT2D eigenvalue weighted by molar-refractivity contribution is 6.43. The van der Waals surface area contributed by atoms with E-state index < -0.39 is 13.3 Å². The maximum Gasteiger partial charge on any atom is 0.454 e. The van der Waals surface area contributed by atoms with Crippen molar-refractivity contribution in [1.29, 1.82) is 0 Å². The standard InChI is InChI=1S/C20H36BFN2O3/c22-19-5-4-18(21(26)27)11-17(19)12-20(25)24-8-6-15(7-9-24)16-3-1-2-14(10-16)13-23/h14-19,26-27H,1-13,23H2. The summed E-state index contributed by atoms with van der Waals surface area (Å²) in [5.41, 5.74) is 5.87. The zero-order valence-corrected chi connectivity index (χ0v) is 16.4. The van der Waals surface area contributed by atoms with Gasteiger partial charge in [-0.05, 0) is 81.0 Å². The summed E-state index contributed by atoms with van der Waals surface area (Å²) in [6.45, 7) is 2.36. The van der Waals surface area contributed by atoms with Gasteiger partial charge >= 0.3 is 7.12 Å². The highest BCUT2D eigenvalue weighted by atomic mass is 19.1.